The number of aliphatic hydroxyl groups is 9. The minimum absolute atomic E-state index is 0.0116. The number of ether oxygens (including phenoxy) is 18. The van der Waals surface area contributed by atoms with Gasteiger partial charge in [0.2, 0.25) is 17.7 Å². The van der Waals surface area contributed by atoms with E-state index in [4.69, 9.17) is 90.8 Å². The lowest BCUT2D eigenvalue weighted by Crippen LogP contribution is -2.64. The van der Waals surface area contributed by atoms with Gasteiger partial charge in [-0.25, -0.2) is 0 Å². The first-order valence-electron chi connectivity index (χ1n) is 38.1. The van der Waals surface area contributed by atoms with E-state index >= 15 is 0 Å². The van der Waals surface area contributed by atoms with E-state index in [0.29, 0.717) is 45.1 Å². The van der Waals surface area contributed by atoms with Gasteiger partial charge in [0.15, 0.2) is 18.9 Å². The molecule has 111 heavy (non-hydrogen) atoms. The lowest BCUT2D eigenvalue weighted by atomic mass is 9.84. The third-order valence-electron chi connectivity index (χ3n) is 17.4. The molecule has 0 aromatic heterocycles. The van der Waals surface area contributed by atoms with Gasteiger partial charge in [0.05, 0.1) is 178 Å². The first-order valence-corrected chi connectivity index (χ1v) is 38.1. The van der Waals surface area contributed by atoms with Crippen LogP contribution in [0.15, 0.2) is 5.11 Å². The molecule has 40 heteroatoms. The van der Waals surface area contributed by atoms with Gasteiger partial charge < -0.3 is 147 Å². The molecule has 0 aromatic carbocycles. The van der Waals surface area contributed by atoms with Gasteiger partial charge in [-0.2, -0.15) is 0 Å². The molecule has 3 fully saturated rings. The molecule has 3 aliphatic heterocycles. The van der Waals surface area contributed by atoms with Crippen LogP contribution in [-0.2, 0) is 119 Å². The Labute approximate surface area is 647 Å². The number of amides is 3. The fraction of sp³-hybridized carbons (Fsp3) is 0.901. The fourth-order valence-corrected chi connectivity index (χ4v) is 11.6. The molecule has 0 spiro atoms. The number of ketones is 4. The van der Waals surface area contributed by atoms with Crippen molar-refractivity contribution in [3.05, 3.63) is 10.4 Å². The summed E-state index contributed by atoms with van der Waals surface area (Å²) in [5.41, 5.74) is 7.61. The first kappa shape index (κ1) is 101. The summed E-state index contributed by atoms with van der Waals surface area (Å²) in [6.45, 7) is 6.30. The average molecular weight is 1610 g/mol. The Morgan fingerprint density at radius 2 is 0.613 bits per heavy atom. The van der Waals surface area contributed by atoms with Crippen molar-refractivity contribution in [3.63, 3.8) is 0 Å². The molecule has 3 heterocycles. The molecule has 3 saturated heterocycles. The van der Waals surface area contributed by atoms with Crippen LogP contribution in [0.25, 0.3) is 10.4 Å². The highest BCUT2D eigenvalue weighted by molar-refractivity contribution is 5.80. The second-order valence-electron chi connectivity index (χ2n) is 26.7. The quantitative estimate of drug-likeness (QED) is 0.0126. The summed E-state index contributed by atoms with van der Waals surface area (Å²) in [7, 11) is 0. The van der Waals surface area contributed by atoms with Gasteiger partial charge in [-0.05, 0) is 37.6 Å². The maximum absolute atomic E-state index is 13.8. The van der Waals surface area contributed by atoms with Gasteiger partial charge in [0.25, 0.3) is 0 Å². The molecule has 3 amide bonds. The number of carbonyl (C=O) groups is 7. The van der Waals surface area contributed by atoms with Gasteiger partial charge in [0.1, 0.15) is 96.2 Å². The molecule has 0 aromatic rings. The van der Waals surface area contributed by atoms with Gasteiger partial charge >= 0.3 is 0 Å². The van der Waals surface area contributed by atoms with E-state index in [2.05, 4.69) is 26.0 Å². The molecule has 40 nitrogen and oxygen atoms in total. The van der Waals surface area contributed by atoms with Crippen molar-refractivity contribution in [3.8, 4) is 0 Å². The second-order valence-corrected chi connectivity index (χ2v) is 26.7. The zero-order valence-corrected chi connectivity index (χ0v) is 64.6. The van der Waals surface area contributed by atoms with Crippen LogP contribution in [0.4, 0.5) is 0 Å². The molecule has 0 bridgehead atoms. The predicted molar refractivity (Wildman–Crippen MR) is 385 cm³/mol. The van der Waals surface area contributed by atoms with E-state index < -0.39 is 135 Å². The van der Waals surface area contributed by atoms with E-state index in [-0.39, 0.29) is 253 Å². The average Bonchev–Trinajstić information content (AvgIpc) is 0.826. The molecule has 0 saturated carbocycles. The minimum atomic E-state index is -1.43. The lowest BCUT2D eigenvalue weighted by Gasteiger charge is -2.42. The number of azide groups is 1. The molecule has 3 rings (SSSR count). The van der Waals surface area contributed by atoms with Crippen molar-refractivity contribution in [1.29, 1.82) is 0 Å². The number of nitrogens with zero attached hydrogens (tertiary/aromatic N) is 3. The molecule has 15 unspecified atom stereocenters. The predicted octanol–water partition coefficient (Wildman–Crippen LogP) is -2.90. The number of Topliss-reactive ketones (excluding diaryl/α,β-unsaturated/α-hetero) is 4. The van der Waals surface area contributed by atoms with Crippen molar-refractivity contribution in [2.45, 2.75) is 203 Å². The maximum atomic E-state index is 13.8. The number of nitrogens with one attached hydrogen (secondary N) is 3. The summed E-state index contributed by atoms with van der Waals surface area (Å²) < 4.78 is 102. The van der Waals surface area contributed by atoms with Crippen LogP contribution in [0.2, 0.25) is 0 Å². The Kier molecular flexibility index (Phi) is 56.7. The van der Waals surface area contributed by atoms with Crippen molar-refractivity contribution >= 4 is 40.9 Å². The van der Waals surface area contributed by atoms with Gasteiger partial charge in [0, 0.05) is 109 Å². The van der Waals surface area contributed by atoms with E-state index in [9.17, 15) is 79.5 Å². The third-order valence-corrected chi connectivity index (χ3v) is 17.4. The Bertz CT molecular complexity index is 2320. The zero-order chi connectivity index (χ0) is 81.3. The Hall–Kier alpha value is -4.68. The molecule has 644 valence electrons. The summed E-state index contributed by atoms with van der Waals surface area (Å²) in [5.74, 6) is -1.78. The van der Waals surface area contributed by atoms with Crippen LogP contribution in [0.1, 0.15) is 111 Å². The molecular weight excluding hydrogens is 1480 g/mol. The van der Waals surface area contributed by atoms with Crippen molar-refractivity contribution in [2.75, 3.05) is 205 Å². The number of aliphatic hydroxyl groups excluding tert-OH is 9. The number of unbranched alkanes of at least 4 members (excludes halogenated alkanes) is 2. The summed E-state index contributed by atoms with van der Waals surface area (Å²) >= 11 is 0. The van der Waals surface area contributed by atoms with E-state index in [0.717, 1.165) is 0 Å². The van der Waals surface area contributed by atoms with Crippen molar-refractivity contribution in [1.82, 2.24) is 16.0 Å². The van der Waals surface area contributed by atoms with E-state index in [1.165, 1.54) is 20.8 Å². The SMILES string of the molecule is CC(=O)NC1C(OCCOCCOCCOCCCC(=O)CCOCC(COCCC(=O)CCCOCCOCCOCCOC2OC(CO)C(O)C(O)C2NC(C)=O)(COCCC(=O)CCCOCCOCCOCCOC2OC(CO)C(O)C(O)C2NC(C)=O)CC(=O)CCCCCN=[N+]=[N-])OC(CO)C(O)C1O. The van der Waals surface area contributed by atoms with Crippen LogP contribution in [0, 0.1) is 5.41 Å². The zero-order valence-electron chi connectivity index (χ0n) is 64.6. The number of rotatable bonds is 71. The summed E-state index contributed by atoms with van der Waals surface area (Å²) in [4.78, 5) is 90.7. The first-order chi connectivity index (χ1) is 53.6. The molecule has 0 aliphatic carbocycles. The van der Waals surface area contributed by atoms with Crippen LogP contribution in [-0.4, -0.2) is 383 Å². The highest BCUT2D eigenvalue weighted by atomic mass is 16.7. The molecule has 0 radical (unpaired) electrons. The molecular formula is C71H126N6O34. The molecule has 15 atom stereocenters. The van der Waals surface area contributed by atoms with Crippen molar-refractivity contribution < 1.29 is 165 Å². The largest absolute Gasteiger partial charge is 0.394 e. The summed E-state index contributed by atoms with van der Waals surface area (Å²) in [5, 5.41) is 101. The Balaban J connectivity index is 1.43. The topological polar surface area (TPSA) is 553 Å². The molecule has 12 N–H and O–H groups in total. The van der Waals surface area contributed by atoms with E-state index in [1.807, 2.05) is 0 Å². The van der Waals surface area contributed by atoms with Crippen molar-refractivity contribution in [2.24, 2.45) is 10.5 Å². The number of carbonyl (C=O) groups excluding carboxylic acids is 7. The Morgan fingerprint density at radius 3 is 0.883 bits per heavy atom. The van der Waals surface area contributed by atoms with Gasteiger partial charge in [-0.1, -0.05) is 11.5 Å². The van der Waals surface area contributed by atoms with Crippen LogP contribution < -0.4 is 16.0 Å². The number of hydrogen-bond donors (Lipinski definition) is 12. The highest BCUT2D eigenvalue weighted by Crippen LogP contribution is 2.29. The van der Waals surface area contributed by atoms with Gasteiger partial charge in [-0.3, -0.25) is 33.6 Å². The second kappa shape index (κ2) is 62.6. The summed E-state index contributed by atoms with van der Waals surface area (Å²) in [6.07, 6.45) is -11.3. The fourth-order valence-electron chi connectivity index (χ4n) is 11.6. The number of hydrogen-bond acceptors (Lipinski definition) is 35. The minimum Gasteiger partial charge on any atom is -0.394 e. The highest BCUT2D eigenvalue weighted by Gasteiger charge is 2.48. The van der Waals surface area contributed by atoms with Gasteiger partial charge in [-0.15, -0.1) is 0 Å². The normalized spacial score (nSPS) is 24.5. The summed E-state index contributed by atoms with van der Waals surface area (Å²) in [6, 6.07) is -3.21. The van der Waals surface area contributed by atoms with E-state index in [1.54, 1.807) is 0 Å². The van der Waals surface area contributed by atoms with Crippen LogP contribution in [0.3, 0.4) is 0 Å². The molecule has 3 aliphatic rings. The smallest absolute Gasteiger partial charge is 0.217 e. The monoisotopic (exact) mass is 1610 g/mol. The van der Waals surface area contributed by atoms with Crippen LogP contribution in [0.5, 0.6) is 0 Å². The lowest BCUT2D eigenvalue weighted by molar-refractivity contribution is -0.272. The van der Waals surface area contributed by atoms with Crippen LogP contribution >= 0.6 is 0 Å². The standard InChI is InChI=1S/C71H126N6O34/c1-49(81)74-59-65(91)62(88)56(43-78)109-68(59)106-39-36-100-33-30-97-27-24-94-18-7-11-52(84)14-21-103-46-71(42-55(87)10-5-4-6-17-73-77-72,47-104-22-15-53(85)12-8-19-95-25-28-98-31-34-101-37-40-107-69-60(75-50(2)82)66(92)63(89)57(44-79)110-69)48-105-23-16-54(86)13-9-20-96-26-29-99-32-35-102-38-41-108-70-61(76-51(3)83)67(93)64(90)58(45-80)111-70/h56-70,78-80,88-93H,4-48H2,1-3H3,(H,74,81)(H,75,82)(H,76,83). The Morgan fingerprint density at radius 1 is 0.342 bits per heavy atom. The maximum Gasteiger partial charge on any atom is 0.217 e. The third kappa shape index (κ3) is 44.9.